The highest BCUT2D eigenvalue weighted by Crippen LogP contribution is 2.44. The Balaban J connectivity index is 3.13. The predicted molar refractivity (Wildman–Crippen MR) is 84.8 cm³/mol. The summed E-state index contributed by atoms with van der Waals surface area (Å²) in [6, 6.07) is 0. The Labute approximate surface area is 137 Å². The molecule has 0 aliphatic heterocycles. The van der Waals surface area contributed by atoms with Crippen LogP contribution < -0.4 is 0 Å². The second-order valence-electron chi connectivity index (χ2n) is 2.85. The molecular weight excluding hydrogens is 536 g/mol. The van der Waals surface area contributed by atoms with Crippen LogP contribution in [0.2, 0.25) is 0 Å². The first kappa shape index (κ1) is 15.4. The number of benzene rings is 1. The largest absolute Gasteiger partial charge is 0.373 e. The van der Waals surface area contributed by atoms with E-state index in [1.54, 1.807) is 6.08 Å². The van der Waals surface area contributed by atoms with Crippen molar-refractivity contribution < 1.29 is 4.74 Å². The van der Waals surface area contributed by atoms with Crippen LogP contribution in [0.5, 0.6) is 0 Å². The van der Waals surface area contributed by atoms with Gasteiger partial charge in [-0.25, -0.2) is 0 Å². The van der Waals surface area contributed by atoms with Gasteiger partial charge >= 0.3 is 0 Å². The first-order valence-corrected chi connectivity index (χ1v) is 8.16. The standard InChI is InChI=1S/C10H7Br5O/c1-2-3-16-4-5-6(11)8(13)10(15)9(14)7(5)12/h2H,1,3-4H2. The van der Waals surface area contributed by atoms with E-state index in [4.69, 9.17) is 4.74 Å². The predicted octanol–water partition coefficient (Wildman–Crippen LogP) is 6.20. The molecule has 0 radical (unpaired) electrons. The molecule has 0 N–H and O–H groups in total. The van der Waals surface area contributed by atoms with E-state index in [-0.39, 0.29) is 0 Å². The van der Waals surface area contributed by atoms with Crippen molar-refractivity contribution in [2.24, 2.45) is 0 Å². The highest BCUT2D eigenvalue weighted by molar-refractivity contribution is 9.15. The number of halogens is 5. The average molecular weight is 543 g/mol. The Bertz CT molecular complexity index is 387. The summed E-state index contributed by atoms with van der Waals surface area (Å²) in [5.74, 6) is 0. The second-order valence-corrected chi connectivity index (χ2v) is 6.82. The third-order valence-corrected chi connectivity index (χ3v) is 8.04. The summed E-state index contributed by atoms with van der Waals surface area (Å²) in [5, 5.41) is 0. The van der Waals surface area contributed by atoms with Crippen LogP contribution >= 0.6 is 79.6 Å². The molecule has 1 aromatic carbocycles. The summed E-state index contributed by atoms with van der Waals surface area (Å²) >= 11 is 17.6. The summed E-state index contributed by atoms with van der Waals surface area (Å²) in [6.07, 6.45) is 1.73. The van der Waals surface area contributed by atoms with E-state index in [1.807, 2.05) is 0 Å². The minimum absolute atomic E-state index is 0.512. The second kappa shape index (κ2) is 7.04. The van der Waals surface area contributed by atoms with Crippen molar-refractivity contribution in [2.75, 3.05) is 6.61 Å². The molecule has 0 aliphatic carbocycles. The van der Waals surface area contributed by atoms with E-state index in [0.717, 1.165) is 27.9 Å². The van der Waals surface area contributed by atoms with E-state index >= 15 is 0 Å². The van der Waals surface area contributed by atoms with Gasteiger partial charge in [0.05, 0.1) is 13.2 Å². The molecule has 0 spiro atoms. The fraction of sp³-hybridized carbons (Fsp3) is 0.200. The topological polar surface area (TPSA) is 9.23 Å². The van der Waals surface area contributed by atoms with E-state index in [0.29, 0.717) is 13.2 Å². The van der Waals surface area contributed by atoms with Gasteiger partial charge in [0.15, 0.2) is 0 Å². The van der Waals surface area contributed by atoms with Crippen molar-refractivity contribution in [3.8, 4) is 0 Å². The van der Waals surface area contributed by atoms with Crippen LogP contribution in [0.15, 0.2) is 35.0 Å². The van der Waals surface area contributed by atoms with E-state index in [9.17, 15) is 0 Å². The maximum atomic E-state index is 5.45. The highest BCUT2D eigenvalue weighted by Gasteiger charge is 2.17. The number of rotatable bonds is 4. The molecule has 6 heteroatoms. The van der Waals surface area contributed by atoms with E-state index < -0.39 is 0 Å². The van der Waals surface area contributed by atoms with Crippen LogP contribution in [0.25, 0.3) is 0 Å². The fourth-order valence-electron chi connectivity index (χ4n) is 1.02. The van der Waals surface area contributed by atoms with Gasteiger partial charge in [0, 0.05) is 27.9 Å². The molecule has 0 saturated carbocycles. The maximum absolute atomic E-state index is 5.45. The van der Waals surface area contributed by atoms with Gasteiger partial charge in [-0.1, -0.05) is 6.08 Å². The quantitative estimate of drug-likeness (QED) is 0.191. The minimum Gasteiger partial charge on any atom is -0.373 e. The number of hydrogen-bond donors (Lipinski definition) is 0. The maximum Gasteiger partial charge on any atom is 0.0744 e. The Morgan fingerprint density at radius 2 is 1.31 bits per heavy atom. The van der Waals surface area contributed by atoms with Crippen LogP contribution in [0.1, 0.15) is 5.56 Å². The highest BCUT2D eigenvalue weighted by atomic mass is 79.9. The lowest BCUT2D eigenvalue weighted by Gasteiger charge is -2.13. The molecule has 1 aromatic rings. The van der Waals surface area contributed by atoms with Crippen molar-refractivity contribution in [3.05, 3.63) is 40.6 Å². The van der Waals surface area contributed by atoms with Gasteiger partial charge in [-0.05, 0) is 79.6 Å². The molecule has 0 unspecified atom stereocenters. The fourth-order valence-corrected chi connectivity index (χ4v) is 4.38. The lowest BCUT2D eigenvalue weighted by molar-refractivity contribution is 0.148. The molecule has 0 aromatic heterocycles. The summed E-state index contributed by atoms with van der Waals surface area (Å²) in [7, 11) is 0. The van der Waals surface area contributed by atoms with Gasteiger partial charge in [0.2, 0.25) is 0 Å². The normalized spacial score (nSPS) is 10.6. The molecule has 0 atom stereocenters. The van der Waals surface area contributed by atoms with Crippen LogP contribution in [0, 0.1) is 0 Å². The summed E-state index contributed by atoms with van der Waals surface area (Å²) in [6.45, 7) is 4.65. The molecule has 1 rings (SSSR count). The van der Waals surface area contributed by atoms with Gasteiger partial charge in [0.1, 0.15) is 0 Å². The molecule has 16 heavy (non-hydrogen) atoms. The Kier molecular flexibility index (Phi) is 6.77. The third kappa shape index (κ3) is 3.42. The van der Waals surface area contributed by atoms with Gasteiger partial charge < -0.3 is 4.74 Å². The molecule has 0 aliphatic rings. The zero-order chi connectivity index (χ0) is 12.3. The zero-order valence-electron chi connectivity index (χ0n) is 8.00. The Morgan fingerprint density at radius 3 is 1.75 bits per heavy atom. The van der Waals surface area contributed by atoms with Crippen LogP contribution in [-0.4, -0.2) is 6.61 Å². The van der Waals surface area contributed by atoms with Crippen LogP contribution in [0.3, 0.4) is 0 Å². The smallest absolute Gasteiger partial charge is 0.0744 e. The summed E-state index contributed by atoms with van der Waals surface area (Å²) in [5.41, 5.74) is 1.05. The number of ether oxygens (including phenoxy) is 1. The van der Waals surface area contributed by atoms with Crippen LogP contribution in [-0.2, 0) is 11.3 Å². The summed E-state index contributed by atoms with van der Waals surface area (Å²) < 4.78 is 10.3. The van der Waals surface area contributed by atoms with Crippen molar-refractivity contribution in [1.29, 1.82) is 0 Å². The molecule has 0 heterocycles. The summed E-state index contributed by atoms with van der Waals surface area (Å²) in [4.78, 5) is 0. The van der Waals surface area contributed by atoms with Crippen molar-refractivity contribution in [1.82, 2.24) is 0 Å². The minimum atomic E-state index is 0.512. The average Bonchev–Trinajstić information content (AvgIpc) is 2.28. The SMILES string of the molecule is C=CCOCc1c(Br)c(Br)c(Br)c(Br)c1Br. The monoisotopic (exact) mass is 538 g/mol. The molecule has 88 valence electrons. The number of hydrogen-bond acceptors (Lipinski definition) is 1. The molecule has 1 nitrogen and oxygen atoms in total. The van der Waals surface area contributed by atoms with E-state index in [2.05, 4.69) is 86.2 Å². The lowest BCUT2D eigenvalue weighted by atomic mass is 10.2. The van der Waals surface area contributed by atoms with E-state index in [1.165, 1.54) is 0 Å². The Hall–Kier alpha value is 1.32. The molecule has 0 saturated heterocycles. The van der Waals surface area contributed by atoms with Crippen molar-refractivity contribution in [2.45, 2.75) is 6.61 Å². The zero-order valence-corrected chi connectivity index (χ0v) is 15.9. The van der Waals surface area contributed by atoms with Gasteiger partial charge in [0.25, 0.3) is 0 Å². The van der Waals surface area contributed by atoms with Crippen molar-refractivity contribution >= 4 is 79.6 Å². The van der Waals surface area contributed by atoms with Crippen molar-refractivity contribution in [3.63, 3.8) is 0 Å². The molecule has 0 amide bonds. The molecule has 0 fully saturated rings. The van der Waals surface area contributed by atoms with Gasteiger partial charge in [-0.2, -0.15) is 0 Å². The van der Waals surface area contributed by atoms with Crippen LogP contribution in [0.4, 0.5) is 0 Å². The van der Waals surface area contributed by atoms with Gasteiger partial charge in [-0.3, -0.25) is 0 Å². The molecular formula is C10H7Br5O. The molecule has 0 bridgehead atoms. The third-order valence-electron chi connectivity index (χ3n) is 1.78. The Morgan fingerprint density at radius 1 is 0.875 bits per heavy atom. The first-order chi connectivity index (χ1) is 7.50. The van der Waals surface area contributed by atoms with Gasteiger partial charge in [-0.15, -0.1) is 6.58 Å². The first-order valence-electron chi connectivity index (χ1n) is 4.19. The lowest BCUT2D eigenvalue weighted by Crippen LogP contribution is -1.97.